The molecule has 2 nitrogen and oxygen atoms in total. The first kappa shape index (κ1) is 14.6. The van der Waals surface area contributed by atoms with E-state index in [4.69, 9.17) is 0 Å². The van der Waals surface area contributed by atoms with Crippen molar-refractivity contribution in [1.29, 1.82) is 0 Å². The molecule has 1 unspecified atom stereocenters. The van der Waals surface area contributed by atoms with Crippen LogP contribution in [0.15, 0.2) is 54.6 Å². The Morgan fingerprint density at radius 3 is 2.29 bits per heavy atom. The molecule has 2 aromatic carbocycles. The number of carbonyl (C=O) groups excluding carboxylic acids is 1. The van der Waals surface area contributed by atoms with Gasteiger partial charge in [0.1, 0.15) is 0 Å². The van der Waals surface area contributed by atoms with E-state index in [0.717, 1.165) is 17.3 Å². The van der Waals surface area contributed by atoms with E-state index in [1.165, 1.54) is 16.7 Å². The smallest absolute Gasteiger partial charge is 0.224 e. The SMILES string of the molecule is O=C1N[C@H](Cc2ccc(-c3ccccc3)cc2)CC1CI. The van der Waals surface area contributed by atoms with Crippen LogP contribution in [0.25, 0.3) is 11.1 Å². The van der Waals surface area contributed by atoms with Crippen LogP contribution in [0.1, 0.15) is 12.0 Å². The van der Waals surface area contributed by atoms with Crippen LogP contribution < -0.4 is 5.32 Å². The van der Waals surface area contributed by atoms with Gasteiger partial charge in [-0.25, -0.2) is 0 Å². The van der Waals surface area contributed by atoms with Crippen molar-refractivity contribution >= 4 is 28.5 Å². The molecule has 0 saturated carbocycles. The first-order valence-corrected chi connectivity index (χ1v) is 8.79. The summed E-state index contributed by atoms with van der Waals surface area (Å²) in [5.41, 5.74) is 3.76. The van der Waals surface area contributed by atoms with Gasteiger partial charge < -0.3 is 5.32 Å². The zero-order valence-electron chi connectivity index (χ0n) is 11.8. The highest BCUT2D eigenvalue weighted by Crippen LogP contribution is 2.23. The quantitative estimate of drug-likeness (QED) is 0.623. The molecule has 1 N–H and O–H groups in total. The Hall–Kier alpha value is -1.36. The van der Waals surface area contributed by atoms with E-state index in [2.05, 4.69) is 76.4 Å². The van der Waals surface area contributed by atoms with Gasteiger partial charge in [0, 0.05) is 16.4 Å². The van der Waals surface area contributed by atoms with Crippen LogP contribution in [-0.4, -0.2) is 16.4 Å². The third-order valence-electron chi connectivity index (χ3n) is 4.02. The molecular weight excluding hydrogens is 373 g/mol. The lowest BCUT2D eigenvalue weighted by Crippen LogP contribution is -2.28. The van der Waals surface area contributed by atoms with E-state index in [9.17, 15) is 4.79 Å². The molecule has 1 heterocycles. The molecule has 1 amide bonds. The van der Waals surface area contributed by atoms with Gasteiger partial charge in [0.2, 0.25) is 5.91 Å². The minimum absolute atomic E-state index is 0.194. The van der Waals surface area contributed by atoms with Gasteiger partial charge in [-0.2, -0.15) is 0 Å². The highest BCUT2D eigenvalue weighted by molar-refractivity contribution is 14.1. The lowest BCUT2D eigenvalue weighted by molar-refractivity contribution is -0.121. The third kappa shape index (κ3) is 3.46. The Morgan fingerprint density at radius 2 is 1.67 bits per heavy atom. The van der Waals surface area contributed by atoms with E-state index in [1.807, 2.05) is 6.07 Å². The maximum absolute atomic E-state index is 11.7. The summed E-state index contributed by atoms with van der Waals surface area (Å²) >= 11 is 2.30. The summed E-state index contributed by atoms with van der Waals surface area (Å²) in [7, 11) is 0. The second-order valence-electron chi connectivity index (χ2n) is 5.56. The molecule has 0 aliphatic carbocycles. The summed E-state index contributed by atoms with van der Waals surface area (Å²) in [5.74, 6) is 0.412. The monoisotopic (exact) mass is 391 g/mol. The van der Waals surface area contributed by atoms with Gasteiger partial charge in [-0.3, -0.25) is 4.79 Å². The molecule has 2 atom stereocenters. The number of amides is 1. The van der Waals surface area contributed by atoms with Crippen molar-refractivity contribution in [2.45, 2.75) is 18.9 Å². The summed E-state index contributed by atoms with van der Waals surface area (Å²) in [4.78, 5) is 11.7. The molecule has 21 heavy (non-hydrogen) atoms. The Morgan fingerprint density at radius 1 is 1.00 bits per heavy atom. The predicted octanol–water partition coefficient (Wildman–Crippen LogP) is 3.84. The Labute approximate surface area is 139 Å². The van der Waals surface area contributed by atoms with E-state index in [-0.39, 0.29) is 11.8 Å². The summed E-state index contributed by atoms with van der Waals surface area (Å²) in [6.45, 7) is 0. The van der Waals surface area contributed by atoms with Gasteiger partial charge in [0.15, 0.2) is 0 Å². The number of nitrogens with one attached hydrogen (secondary N) is 1. The molecule has 1 saturated heterocycles. The van der Waals surface area contributed by atoms with E-state index in [0.29, 0.717) is 6.04 Å². The third-order valence-corrected chi connectivity index (χ3v) is 5.08. The number of hydrogen-bond acceptors (Lipinski definition) is 1. The van der Waals surface area contributed by atoms with Crippen LogP contribution in [0.5, 0.6) is 0 Å². The Bertz CT molecular complexity index is 609. The Kier molecular flexibility index (Phi) is 4.58. The van der Waals surface area contributed by atoms with E-state index < -0.39 is 0 Å². The van der Waals surface area contributed by atoms with Crippen LogP contribution in [0.4, 0.5) is 0 Å². The summed E-state index contributed by atoms with van der Waals surface area (Å²) in [5, 5.41) is 3.11. The first-order chi connectivity index (χ1) is 10.3. The number of carbonyl (C=O) groups is 1. The fourth-order valence-corrected chi connectivity index (χ4v) is 3.60. The largest absolute Gasteiger partial charge is 0.353 e. The minimum Gasteiger partial charge on any atom is -0.353 e. The van der Waals surface area contributed by atoms with Gasteiger partial charge in [-0.15, -0.1) is 0 Å². The topological polar surface area (TPSA) is 29.1 Å². The lowest BCUT2D eigenvalue weighted by Gasteiger charge is -2.10. The second-order valence-corrected chi connectivity index (χ2v) is 6.44. The molecule has 3 rings (SSSR count). The van der Waals surface area contributed by atoms with Crippen molar-refractivity contribution < 1.29 is 4.79 Å². The normalized spacial score (nSPS) is 21.3. The second kappa shape index (κ2) is 6.60. The molecule has 0 aromatic heterocycles. The van der Waals surface area contributed by atoms with Crippen molar-refractivity contribution in [3.63, 3.8) is 0 Å². The number of hydrogen-bond donors (Lipinski definition) is 1. The fourth-order valence-electron chi connectivity index (χ4n) is 2.84. The molecule has 0 radical (unpaired) electrons. The van der Waals surface area contributed by atoms with Crippen LogP contribution in [0.2, 0.25) is 0 Å². The standard InChI is InChI=1S/C18H18INO/c19-12-16-11-17(20-18(16)21)10-13-6-8-15(9-7-13)14-4-2-1-3-5-14/h1-9,16-17H,10-12H2,(H,20,21)/t16?,17-/m1/s1. The summed E-state index contributed by atoms with van der Waals surface area (Å²) in [6.07, 6.45) is 1.89. The number of halogens is 1. The predicted molar refractivity (Wildman–Crippen MR) is 94.5 cm³/mol. The molecule has 3 heteroatoms. The van der Waals surface area contributed by atoms with E-state index in [1.54, 1.807) is 0 Å². The zero-order chi connectivity index (χ0) is 14.7. The van der Waals surface area contributed by atoms with Gasteiger partial charge in [-0.1, -0.05) is 77.2 Å². The maximum Gasteiger partial charge on any atom is 0.224 e. The number of alkyl halides is 1. The van der Waals surface area contributed by atoms with Crippen molar-refractivity contribution in [3.05, 3.63) is 60.2 Å². The number of rotatable bonds is 4. The summed E-state index contributed by atoms with van der Waals surface area (Å²) < 4.78 is 0.910. The van der Waals surface area contributed by atoms with Crippen LogP contribution in [-0.2, 0) is 11.2 Å². The first-order valence-electron chi connectivity index (χ1n) is 7.27. The number of benzene rings is 2. The molecule has 0 bridgehead atoms. The molecule has 108 valence electrons. The van der Waals surface area contributed by atoms with Gasteiger partial charge in [0.25, 0.3) is 0 Å². The Balaban J connectivity index is 1.67. The molecule has 2 aromatic rings. The van der Waals surface area contributed by atoms with Crippen LogP contribution >= 0.6 is 22.6 Å². The van der Waals surface area contributed by atoms with E-state index >= 15 is 0 Å². The average molecular weight is 391 g/mol. The van der Waals surface area contributed by atoms with Crippen molar-refractivity contribution in [1.82, 2.24) is 5.32 Å². The zero-order valence-corrected chi connectivity index (χ0v) is 13.9. The van der Waals surface area contributed by atoms with Gasteiger partial charge in [-0.05, 0) is 29.5 Å². The molecule has 1 fully saturated rings. The van der Waals surface area contributed by atoms with Crippen LogP contribution in [0.3, 0.4) is 0 Å². The average Bonchev–Trinajstić information content (AvgIpc) is 2.88. The van der Waals surface area contributed by atoms with Gasteiger partial charge in [0.05, 0.1) is 0 Å². The fraction of sp³-hybridized carbons (Fsp3) is 0.278. The molecule has 1 aliphatic heterocycles. The van der Waals surface area contributed by atoms with Crippen molar-refractivity contribution in [2.24, 2.45) is 5.92 Å². The highest BCUT2D eigenvalue weighted by atomic mass is 127. The molecular formula is C18H18INO. The van der Waals surface area contributed by atoms with Crippen molar-refractivity contribution in [2.75, 3.05) is 4.43 Å². The summed E-state index contributed by atoms with van der Waals surface area (Å²) in [6, 6.07) is 19.4. The van der Waals surface area contributed by atoms with Gasteiger partial charge >= 0.3 is 0 Å². The molecule has 0 spiro atoms. The maximum atomic E-state index is 11.7. The lowest BCUT2D eigenvalue weighted by atomic mass is 9.98. The molecule has 1 aliphatic rings. The van der Waals surface area contributed by atoms with Crippen molar-refractivity contribution in [3.8, 4) is 11.1 Å². The minimum atomic E-state index is 0.194. The highest BCUT2D eigenvalue weighted by Gasteiger charge is 2.30. The van der Waals surface area contributed by atoms with Crippen LogP contribution in [0, 0.1) is 5.92 Å².